The Balaban J connectivity index is 0.000000181. The number of amides is 4. The van der Waals surface area contributed by atoms with Gasteiger partial charge in [0.05, 0.1) is 18.6 Å². The maximum Gasteiger partial charge on any atom is 0.338 e. The third-order valence-electron chi connectivity index (χ3n) is 13.6. The largest absolute Gasteiger partial charge is 0.338 e. The number of nitrogens with one attached hydrogen (secondary N) is 2. The van der Waals surface area contributed by atoms with E-state index in [2.05, 4.69) is 29.6 Å². The minimum atomic E-state index is -0.695. The van der Waals surface area contributed by atoms with Gasteiger partial charge in [-0.2, -0.15) is 10.2 Å². The zero-order valence-electron chi connectivity index (χ0n) is 35.8. The molecule has 322 valence electrons. The highest BCUT2D eigenvalue weighted by Crippen LogP contribution is 2.53. The Labute approximate surface area is 354 Å². The lowest BCUT2D eigenvalue weighted by Crippen LogP contribution is -2.57. The van der Waals surface area contributed by atoms with Gasteiger partial charge in [0.25, 0.3) is 0 Å². The lowest BCUT2D eigenvalue weighted by Gasteiger charge is -2.54. The number of hydrogen-bond acceptors (Lipinski definition) is 4. The lowest BCUT2D eigenvalue weighted by molar-refractivity contribution is -0.0109. The molecular formula is C49H63F3N6O2. The van der Waals surface area contributed by atoms with Gasteiger partial charge < -0.3 is 10.6 Å². The van der Waals surface area contributed by atoms with Crippen LogP contribution in [0.4, 0.5) is 22.8 Å². The van der Waals surface area contributed by atoms with Gasteiger partial charge in [0.15, 0.2) is 0 Å². The molecule has 9 rings (SSSR count). The van der Waals surface area contributed by atoms with Gasteiger partial charge in [0.1, 0.15) is 17.5 Å². The van der Waals surface area contributed by atoms with Crippen molar-refractivity contribution in [2.45, 2.75) is 135 Å². The third-order valence-corrected chi connectivity index (χ3v) is 13.6. The van der Waals surface area contributed by atoms with E-state index in [0.29, 0.717) is 36.5 Å². The summed E-state index contributed by atoms with van der Waals surface area (Å²) in [4.78, 5) is 26.2. The van der Waals surface area contributed by atoms with Crippen molar-refractivity contribution in [1.82, 2.24) is 20.7 Å². The van der Waals surface area contributed by atoms with Crippen molar-refractivity contribution in [2.24, 2.45) is 33.9 Å². The second kappa shape index (κ2) is 19.4. The summed E-state index contributed by atoms with van der Waals surface area (Å²) in [7, 11) is 0. The van der Waals surface area contributed by atoms with Gasteiger partial charge in [-0.25, -0.2) is 32.8 Å². The van der Waals surface area contributed by atoms with Gasteiger partial charge in [-0.15, -0.1) is 0 Å². The maximum absolute atomic E-state index is 14.5. The molecule has 60 heavy (non-hydrogen) atoms. The van der Waals surface area contributed by atoms with Crippen LogP contribution in [0.15, 0.2) is 83.0 Å². The lowest BCUT2D eigenvalue weighted by atomic mass is 9.54. The number of halogens is 3. The molecule has 0 radical (unpaired) electrons. The molecule has 0 aromatic heterocycles. The molecule has 6 aliphatic rings. The van der Waals surface area contributed by atoms with E-state index in [1.807, 2.05) is 32.0 Å². The Morgan fingerprint density at radius 1 is 0.683 bits per heavy atom. The molecule has 8 nitrogen and oxygen atoms in total. The van der Waals surface area contributed by atoms with Gasteiger partial charge in [0.2, 0.25) is 0 Å². The number of unbranched alkanes of at least 4 members (excludes halogenated alkanes) is 4. The molecule has 4 saturated carbocycles. The summed E-state index contributed by atoms with van der Waals surface area (Å²) in [5.41, 5.74) is 3.46. The summed E-state index contributed by atoms with van der Waals surface area (Å²) in [6, 6.07) is 19.4. The normalized spacial score (nSPS) is 25.4. The topological polar surface area (TPSA) is 89.4 Å². The Morgan fingerprint density at radius 2 is 1.27 bits per heavy atom. The third kappa shape index (κ3) is 10.3. The van der Waals surface area contributed by atoms with Crippen molar-refractivity contribution in [1.29, 1.82) is 0 Å². The van der Waals surface area contributed by atoms with Crippen LogP contribution in [0, 0.1) is 41.1 Å². The monoisotopic (exact) mass is 824 g/mol. The smallest absolute Gasteiger partial charge is 0.333 e. The Bertz CT molecular complexity index is 1990. The Hall–Kier alpha value is -4.67. The predicted molar refractivity (Wildman–Crippen MR) is 232 cm³/mol. The molecule has 2 heterocycles. The van der Waals surface area contributed by atoms with Gasteiger partial charge in [-0.05, 0) is 142 Å². The quantitative estimate of drug-likeness (QED) is 0.168. The van der Waals surface area contributed by atoms with Crippen LogP contribution in [-0.2, 0) is 5.54 Å². The van der Waals surface area contributed by atoms with E-state index < -0.39 is 5.54 Å². The number of benzene rings is 3. The average molecular weight is 825 g/mol. The first-order chi connectivity index (χ1) is 28.9. The summed E-state index contributed by atoms with van der Waals surface area (Å²) < 4.78 is 41.6. The molecule has 0 spiro atoms. The fourth-order valence-corrected chi connectivity index (χ4v) is 10.6. The van der Waals surface area contributed by atoms with E-state index in [1.54, 1.807) is 29.3 Å². The molecular weight excluding hydrogens is 762 g/mol. The van der Waals surface area contributed by atoms with Crippen LogP contribution < -0.4 is 10.6 Å². The molecule has 4 aliphatic carbocycles. The van der Waals surface area contributed by atoms with Crippen molar-refractivity contribution >= 4 is 23.5 Å². The van der Waals surface area contributed by atoms with Gasteiger partial charge in [-0.1, -0.05) is 82.0 Å². The minimum absolute atomic E-state index is 0.0840. The first-order valence-corrected chi connectivity index (χ1v) is 22.5. The van der Waals surface area contributed by atoms with Gasteiger partial charge in [0, 0.05) is 29.3 Å². The molecule has 2 atom stereocenters. The molecule has 3 aromatic rings. The first-order valence-electron chi connectivity index (χ1n) is 22.5. The van der Waals surface area contributed by atoms with E-state index in [1.165, 1.54) is 67.4 Å². The highest BCUT2D eigenvalue weighted by molar-refractivity contribution is 5.95. The molecule has 2 N–H and O–H groups in total. The van der Waals surface area contributed by atoms with Crippen molar-refractivity contribution in [3.05, 3.63) is 107 Å². The van der Waals surface area contributed by atoms with Crippen LogP contribution in [0.5, 0.6) is 0 Å². The highest BCUT2D eigenvalue weighted by Gasteiger charge is 2.49. The fourth-order valence-electron chi connectivity index (χ4n) is 10.6. The molecule has 3 aromatic carbocycles. The van der Waals surface area contributed by atoms with Crippen molar-refractivity contribution in [3.8, 4) is 0 Å². The minimum Gasteiger partial charge on any atom is -0.333 e. The zero-order valence-corrected chi connectivity index (χ0v) is 35.8. The Morgan fingerprint density at radius 3 is 1.87 bits per heavy atom. The Kier molecular flexibility index (Phi) is 14.0. The van der Waals surface area contributed by atoms with E-state index in [0.717, 1.165) is 85.8 Å². The fraction of sp³-hybridized carbons (Fsp3) is 0.551. The second-order valence-corrected chi connectivity index (χ2v) is 18.4. The molecule has 4 bridgehead atoms. The van der Waals surface area contributed by atoms with Crippen LogP contribution in [0.2, 0.25) is 0 Å². The molecule has 4 fully saturated rings. The number of rotatable bonds is 13. The molecule has 11 heteroatoms. The van der Waals surface area contributed by atoms with E-state index >= 15 is 0 Å². The van der Waals surface area contributed by atoms with E-state index in [9.17, 15) is 22.8 Å². The first kappa shape index (κ1) is 43.4. The van der Waals surface area contributed by atoms with E-state index in [4.69, 9.17) is 5.10 Å². The van der Waals surface area contributed by atoms with Gasteiger partial charge in [-0.3, -0.25) is 0 Å². The van der Waals surface area contributed by atoms with Crippen molar-refractivity contribution in [3.63, 3.8) is 0 Å². The standard InChI is InChI=1S/C25H34FN3O.C24H29F2N3O/c1-2-3-4-9-23-21(20-7-5-6-8-22(20)26)15-29(28-23)25(30)27-24-18-11-16-10-17(13-18)14-19(24)12-16;1-4-5-6-10-22-21(17-8-7-9-20(26)15-17)16-29(28-22)23(30)27-24(2,3)18-11-13-19(25)14-12-18/h5-8,16-19,21,24H,2-4,9-15H2,1H3,(H,27,30);7-9,11-15,21H,4-6,10,16H2,1-3H3,(H,27,30). The van der Waals surface area contributed by atoms with Crippen molar-refractivity contribution < 1.29 is 22.8 Å². The van der Waals surface area contributed by atoms with Crippen LogP contribution in [0.25, 0.3) is 0 Å². The van der Waals surface area contributed by atoms with Crippen LogP contribution in [-0.4, -0.2) is 52.6 Å². The number of hydrogen-bond donors (Lipinski definition) is 2. The second-order valence-electron chi connectivity index (χ2n) is 18.4. The number of nitrogens with zero attached hydrogens (tertiary/aromatic N) is 4. The molecule has 0 saturated heterocycles. The maximum atomic E-state index is 14.5. The summed E-state index contributed by atoms with van der Waals surface area (Å²) in [5, 5.41) is 18.7. The highest BCUT2D eigenvalue weighted by atomic mass is 19.1. The SMILES string of the molecule is CCCCCC1=NN(C(=O)NC(C)(C)c2ccc(F)cc2)CC1c1cccc(F)c1.CCCCCC1=NN(C(=O)NC2C3CC4CC(C3)CC2C4)CC1c1ccccc1F. The average Bonchev–Trinajstić information content (AvgIpc) is 3.85. The summed E-state index contributed by atoms with van der Waals surface area (Å²) in [6.45, 7) is 8.86. The van der Waals surface area contributed by atoms with Crippen molar-refractivity contribution in [2.75, 3.05) is 13.1 Å². The predicted octanol–water partition coefficient (Wildman–Crippen LogP) is 11.6. The molecule has 2 aliphatic heterocycles. The number of carbonyl (C=O) groups excluding carboxylic acids is 2. The van der Waals surface area contributed by atoms with Crippen LogP contribution >= 0.6 is 0 Å². The number of hydrazone groups is 2. The number of urea groups is 2. The summed E-state index contributed by atoms with van der Waals surface area (Å²) >= 11 is 0. The van der Waals surface area contributed by atoms with Crippen LogP contribution in [0.1, 0.15) is 140 Å². The van der Waals surface area contributed by atoms with E-state index in [-0.39, 0.29) is 41.3 Å². The van der Waals surface area contributed by atoms with Crippen LogP contribution in [0.3, 0.4) is 0 Å². The number of carbonyl (C=O) groups is 2. The summed E-state index contributed by atoms with van der Waals surface area (Å²) in [5.74, 6) is 2.01. The molecule has 2 unspecified atom stereocenters. The van der Waals surface area contributed by atoms with Gasteiger partial charge >= 0.3 is 12.1 Å². The summed E-state index contributed by atoms with van der Waals surface area (Å²) in [6.07, 6.45) is 14.6. The zero-order chi connectivity index (χ0) is 42.4. The molecule has 4 amide bonds.